The summed E-state index contributed by atoms with van der Waals surface area (Å²) < 4.78 is 20.2. The Morgan fingerprint density at radius 1 is 1.33 bits per heavy atom. The van der Waals surface area contributed by atoms with Gasteiger partial charge in [0.05, 0.1) is 18.0 Å². The number of nitrogens with zero attached hydrogens (tertiary/aromatic N) is 1. The molecule has 1 amide bonds. The molecule has 0 spiro atoms. The first-order valence-corrected chi connectivity index (χ1v) is 9.19. The Balaban J connectivity index is 1.98. The third kappa shape index (κ3) is 3.09. The Morgan fingerprint density at radius 3 is 2.79 bits per heavy atom. The van der Waals surface area contributed by atoms with E-state index < -0.39 is 0 Å². The van der Waals surface area contributed by atoms with Crippen LogP contribution >= 0.6 is 22.7 Å². The van der Waals surface area contributed by atoms with E-state index in [0.717, 1.165) is 9.58 Å². The summed E-state index contributed by atoms with van der Waals surface area (Å²) in [5.74, 6) is -0.415. The fraction of sp³-hybridized carbons (Fsp3) is 0.278. The lowest BCUT2D eigenvalue weighted by atomic mass is 10.1. The average molecular weight is 363 g/mol. The summed E-state index contributed by atoms with van der Waals surface area (Å²) in [6, 6.07) is 6.96. The molecule has 0 saturated carbocycles. The van der Waals surface area contributed by atoms with Crippen LogP contribution in [0.5, 0.6) is 0 Å². The predicted molar refractivity (Wildman–Crippen MR) is 97.3 cm³/mol. The first kappa shape index (κ1) is 17.1. The van der Waals surface area contributed by atoms with Crippen LogP contribution in [0.1, 0.15) is 25.7 Å². The number of fused-ring (bicyclic) bond motifs is 1. The molecule has 1 aromatic carbocycles. The molecule has 0 aliphatic heterocycles. The summed E-state index contributed by atoms with van der Waals surface area (Å²) in [6.45, 7) is 2.80. The minimum Gasteiger partial charge on any atom is -0.380 e. The molecule has 0 aliphatic carbocycles. The summed E-state index contributed by atoms with van der Waals surface area (Å²) in [6.07, 6.45) is 0. The number of carbonyl (C=O) groups is 1. The summed E-state index contributed by atoms with van der Waals surface area (Å²) in [4.78, 5) is 16.3. The predicted octanol–water partition coefficient (Wildman–Crippen LogP) is 4.83. The Kier molecular flexibility index (Phi) is 4.99. The molecular formula is C18H18FNO2S2. The third-order valence-electron chi connectivity index (χ3n) is 3.94. The molecule has 6 heteroatoms. The van der Waals surface area contributed by atoms with E-state index in [1.807, 2.05) is 24.4 Å². The van der Waals surface area contributed by atoms with Crippen LogP contribution < -0.4 is 0 Å². The van der Waals surface area contributed by atoms with Gasteiger partial charge in [0.1, 0.15) is 5.82 Å². The van der Waals surface area contributed by atoms with Crippen LogP contribution in [0, 0.1) is 12.7 Å². The monoisotopic (exact) mass is 363 g/mol. The van der Waals surface area contributed by atoms with Gasteiger partial charge in [-0.25, -0.2) is 4.39 Å². The second kappa shape index (κ2) is 7.01. The van der Waals surface area contributed by atoms with Crippen molar-refractivity contribution in [3.8, 4) is 0 Å². The van der Waals surface area contributed by atoms with Gasteiger partial charge in [-0.3, -0.25) is 4.79 Å². The highest BCUT2D eigenvalue weighted by Crippen LogP contribution is 2.34. The van der Waals surface area contributed by atoms with Crippen molar-refractivity contribution in [2.24, 2.45) is 0 Å². The van der Waals surface area contributed by atoms with Crippen molar-refractivity contribution in [3.63, 3.8) is 0 Å². The number of thiophene rings is 2. The minimum atomic E-state index is -0.313. The smallest absolute Gasteiger partial charge is 0.264 e. The highest BCUT2D eigenvalue weighted by atomic mass is 32.1. The van der Waals surface area contributed by atoms with Crippen LogP contribution in [0.3, 0.4) is 0 Å². The zero-order valence-corrected chi connectivity index (χ0v) is 15.4. The first-order chi connectivity index (χ1) is 11.5. The number of ether oxygens (including phenoxy) is 1. The molecule has 126 valence electrons. The SMILES string of the molecule is COCc1c(C(=O)N(C)Cc2sccc2C)sc2cccc(F)c12. The molecule has 2 aromatic heterocycles. The number of aryl methyl sites for hydroxylation is 1. The maximum atomic E-state index is 14.2. The van der Waals surface area contributed by atoms with E-state index in [2.05, 4.69) is 0 Å². The van der Waals surface area contributed by atoms with E-state index in [-0.39, 0.29) is 18.3 Å². The number of hydrogen-bond donors (Lipinski definition) is 0. The van der Waals surface area contributed by atoms with E-state index in [4.69, 9.17) is 4.74 Å². The highest BCUT2D eigenvalue weighted by molar-refractivity contribution is 7.21. The summed E-state index contributed by atoms with van der Waals surface area (Å²) in [5, 5.41) is 2.52. The molecule has 0 unspecified atom stereocenters. The molecule has 0 atom stereocenters. The van der Waals surface area contributed by atoms with Crippen molar-refractivity contribution in [2.75, 3.05) is 14.2 Å². The molecule has 0 saturated heterocycles. The molecule has 24 heavy (non-hydrogen) atoms. The molecular weight excluding hydrogens is 345 g/mol. The zero-order valence-electron chi connectivity index (χ0n) is 13.8. The second-order valence-electron chi connectivity index (χ2n) is 5.64. The highest BCUT2D eigenvalue weighted by Gasteiger charge is 2.23. The molecule has 2 heterocycles. The Labute approximate surface area is 148 Å². The van der Waals surface area contributed by atoms with E-state index in [1.54, 1.807) is 36.5 Å². The minimum absolute atomic E-state index is 0.101. The summed E-state index contributed by atoms with van der Waals surface area (Å²) in [5.41, 5.74) is 1.81. The molecule has 0 N–H and O–H groups in total. The number of rotatable bonds is 5. The molecule has 0 radical (unpaired) electrons. The van der Waals surface area contributed by atoms with Gasteiger partial charge in [0.15, 0.2) is 0 Å². The number of hydrogen-bond acceptors (Lipinski definition) is 4. The maximum absolute atomic E-state index is 14.2. The van der Waals surface area contributed by atoms with Crippen LogP contribution in [0.2, 0.25) is 0 Å². The largest absolute Gasteiger partial charge is 0.380 e. The van der Waals surface area contributed by atoms with Crippen molar-refractivity contribution in [1.29, 1.82) is 0 Å². The van der Waals surface area contributed by atoms with E-state index in [9.17, 15) is 9.18 Å². The number of benzene rings is 1. The van der Waals surface area contributed by atoms with E-state index in [0.29, 0.717) is 22.4 Å². The van der Waals surface area contributed by atoms with Crippen molar-refractivity contribution >= 4 is 38.7 Å². The van der Waals surface area contributed by atoms with Crippen LogP contribution in [-0.4, -0.2) is 25.0 Å². The second-order valence-corrected chi connectivity index (χ2v) is 7.70. The van der Waals surface area contributed by atoms with Gasteiger partial charge in [0.25, 0.3) is 5.91 Å². The quantitative estimate of drug-likeness (QED) is 0.650. The third-order valence-corrected chi connectivity index (χ3v) is 6.13. The van der Waals surface area contributed by atoms with Crippen LogP contribution in [0.25, 0.3) is 10.1 Å². The lowest BCUT2D eigenvalue weighted by Crippen LogP contribution is -2.26. The lowest BCUT2D eigenvalue weighted by Gasteiger charge is -2.17. The van der Waals surface area contributed by atoms with Crippen molar-refractivity contribution in [3.05, 3.63) is 56.3 Å². The van der Waals surface area contributed by atoms with Gasteiger partial charge in [-0.2, -0.15) is 0 Å². The number of methoxy groups -OCH3 is 1. The Morgan fingerprint density at radius 2 is 2.12 bits per heavy atom. The van der Waals surface area contributed by atoms with Gasteiger partial charge in [-0.15, -0.1) is 22.7 Å². The van der Waals surface area contributed by atoms with E-state index >= 15 is 0 Å². The van der Waals surface area contributed by atoms with Gasteiger partial charge in [0.2, 0.25) is 0 Å². The Hall–Kier alpha value is -1.76. The number of amides is 1. The number of carbonyl (C=O) groups excluding carboxylic acids is 1. The fourth-order valence-corrected chi connectivity index (χ4v) is 4.82. The average Bonchev–Trinajstić information content (AvgIpc) is 3.12. The molecule has 3 aromatic rings. The summed E-state index contributed by atoms with van der Waals surface area (Å²) in [7, 11) is 3.33. The molecule has 0 bridgehead atoms. The van der Waals surface area contributed by atoms with Gasteiger partial charge >= 0.3 is 0 Å². The fourth-order valence-electron chi connectivity index (χ4n) is 2.65. The van der Waals surface area contributed by atoms with Crippen molar-refractivity contribution < 1.29 is 13.9 Å². The van der Waals surface area contributed by atoms with Crippen LogP contribution in [0.15, 0.2) is 29.6 Å². The zero-order chi connectivity index (χ0) is 17.3. The number of halogens is 1. The maximum Gasteiger partial charge on any atom is 0.264 e. The van der Waals surface area contributed by atoms with E-state index in [1.165, 1.54) is 23.0 Å². The van der Waals surface area contributed by atoms with Gasteiger partial charge in [-0.1, -0.05) is 6.07 Å². The van der Waals surface area contributed by atoms with Crippen LogP contribution in [0.4, 0.5) is 4.39 Å². The van der Waals surface area contributed by atoms with Gasteiger partial charge < -0.3 is 9.64 Å². The molecule has 0 aliphatic rings. The van der Waals surface area contributed by atoms with Gasteiger partial charge in [-0.05, 0) is 36.1 Å². The summed E-state index contributed by atoms with van der Waals surface area (Å²) >= 11 is 2.96. The first-order valence-electron chi connectivity index (χ1n) is 7.50. The standard InChI is InChI=1S/C18H18FNO2S2/c1-11-7-8-23-15(11)9-20(2)18(21)17-12(10-22-3)16-13(19)5-4-6-14(16)24-17/h4-8H,9-10H2,1-3H3. The van der Waals surface area contributed by atoms with Crippen LogP contribution in [-0.2, 0) is 17.9 Å². The van der Waals surface area contributed by atoms with Gasteiger partial charge in [0, 0.05) is 34.7 Å². The molecule has 0 fully saturated rings. The molecule has 3 rings (SSSR count). The molecule has 3 nitrogen and oxygen atoms in total. The lowest BCUT2D eigenvalue weighted by molar-refractivity contribution is 0.0787. The van der Waals surface area contributed by atoms with Crippen molar-refractivity contribution in [1.82, 2.24) is 4.90 Å². The van der Waals surface area contributed by atoms with Crippen molar-refractivity contribution in [2.45, 2.75) is 20.1 Å². The topological polar surface area (TPSA) is 29.5 Å². The Bertz CT molecular complexity index is 884. The normalized spacial score (nSPS) is 11.2.